The third-order valence-electron chi connectivity index (χ3n) is 9.40. The number of alkyl halides is 4. The number of halogens is 4. The van der Waals surface area contributed by atoms with E-state index in [2.05, 4.69) is 16.0 Å². The molecule has 310 valence electrons. The summed E-state index contributed by atoms with van der Waals surface area (Å²) in [6.45, 7) is 2.61. The molecule has 0 saturated carbocycles. The summed E-state index contributed by atoms with van der Waals surface area (Å²) in [5, 5.41) is 10.4. The number of carbonyl (C=O) groups excluding carboxylic acids is 4. The summed E-state index contributed by atoms with van der Waals surface area (Å²) in [5.41, 5.74) is 3.41. The van der Waals surface area contributed by atoms with Crippen molar-refractivity contribution in [1.82, 2.24) is 16.0 Å². The van der Waals surface area contributed by atoms with Crippen molar-refractivity contribution in [2.45, 2.75) is 44.8 Å². The maximum atomic E-state index is 12.9. The molecule has 0 aromatic heterocycles. The number of unbranched alkanes of at least 4 members (excludes halogenated alkanes) is 1. The Kier molecular flexibility index (Phi) is 16.3. The molecule has 6 rings (SSSR count). The Bertz CT molecular complexity index is 2220. The summed E-state index contributed by atoms with van der Waals surface area (Å²) < 4.78 is 49.6. The van der Waals surface area contributed by atoms with Crippen molar-refractivity contribution >= 4 is 52.1 Å². The number of carbonyl (C=O) groups is 4. The summed E-state index contributed by atoms with van der Waals surface area (Å²) in [5.74, 6) is 1.01. The number of amides is 3. The highest BCUT2D eigenvalue weighted by atomic mass is 35.5. The number of hydrogen-bond donors (Lipinski definition) is 3. The highest BCUT2D eigenvalue weighted by Gasteiger charge is 2.30. The van der Waals surface area contributed by atoms with Crippen LogP contribution in [0.2, 0.25) is 0 Å². The molecule has 0 spiro atoms. The van der Waals surface area contributed by atoms with Crippen molar-refractivity contribution < 1.29 is 41.8 Å². The average molecular weight is 831 g/mol. The number of benzene rings is 5. The number of hydrogen-bond acceptors (Lipinski definition) is 7. The molecule has 10 nitrogen and oxygen atoms in total. The molecule has 0 saturated heterocycles. The molecule has 59 heavy (non-hydrogen) atoms. The van der Waals surface area contributed by atoms with Gasteiger partial charge in [-0.2, -0.15) is 13.2 Å². The van der Waals surface area contributed by atoms with Crippen LogP contribution in [-0.4, -0.2) is 63.2 Å². The van der Waals surface area contributed by atoms with Gasteiger partial charge in [-0.3, -0.25) is 19.2 Å². The van der Waals surface area contributed by atoms with Gasteiger partial charge < -0.3 is 30.3 Å². The molecule has 0 atom stereocenters. The smallest absolute Gasteiger partial charge is 0.416 e. The standard InChI is InChI=1S/C32H32F3N3O3.C13H14ClNO3/c1-36-16-2-3-17-37-30(39)19-22-6-4-7-23(18-22)21-38-31(40)25-10-15-28-24(20-25)8-5-9-29(28)41-27-13-11-26(12-14-27)32(33,34)35;14-9-13(17)15-5-1-2-10-8-11(18-7-6-16)3-4-12(10)15/h4-15,18,20,36H,2-3,16-17,19,21H2,1H3,(H,37,39)(H,38,40);3-4,6,8H,1-2,5,7,9H2. The number of nitrogens with zero attached hydrogens (tertiary/aromatic N) is 1. The summed E-state index contributed by atoms with van der Waals surface area (Å²) in [4.78, 5) is 48.8. The first-order valence-corrected chi connectivity index (χ1v) is 19.7. The van der Waals surface area contributed by atoms with E-state index in [9.17, 15) is 32.3 Å². The number of nitrogens with one attached hydrogen (secondary N) is 3. The van der Waals surface area contributed by atoms with Gasteiger partial charge in [0.2, 0.25) is 11.8 Å². The SMILES string of the molecule is CNCCCCNC(=O)Cc1cccc(CNC(=O)c2ccc3c(Oc4ccc(C(F)(F)F)cc4)cccc3c2)c1.O=CCOc1ccc2c(c1)CCCN2C(=O)CCl. The lowest BCUT2D eigenvalue weighted by molar-refractivity contribution is -0.137. The highest BCUT2D eigenvalue weighted by molar-refractivity contribution is 6.29. The van der Waals surface area contributed by atoms with E-state index in [1.54, 1.807) is 41.3 Å². The van der Waals surface area contributed by atoms with Gasteiger partial charge >= 0.3 is 6.18 Å². The zero-order valence-corrected chi connectivity index (χ0v) is 33.3. The van der Waals surface area contributed by atoms with Crippen LogP contribution in [0, 0.1) is 0 Å². The molecule has 0 bridgehead atoms. The molecular weight excluding hydrogens is 785 g/mol. The second-order valence-corrected chi connectivity index (χ2v) is 14.0. The van der Waals surface area contributed by atoms with Crippen LogP contribution in [0.25, 0.3) is 10.8 Å². The van der Waals surface area contributed by atoms with Gasteiger partial charge in [0.05, 0.1) is 12.0 Å². The quantitative estimate of drug-likeness (QED) is 0.0523. The minimum absolute atomic E-state index is 0.0111. The molecule has 1 aliphatic rings. The number of fused-ring (bicyclic) bond motifs is 2. The van der Waals surface area contributed by atoms with Crippen LogP contribution in [0.1, 0.15) is 51.9 Å². The van der Waals surface area contributed by atoms with Gasteiger partial charge in [-0.1, -0.05) is 36.4 Å². The minimum atomic E-state index is -4.42. The van der Waals surface area contributed by atoms with Gasteiger partial charge in [0, 0.05) is 36.3 Å². The van der Waals surface area contributed by atoms with E-state index < -0.39 is 11.7 Å². The van der Waals surface area contributed by atoms with E-state index in [-0.39, 0.29) is 42.4 Å². The Hall–Kier alpha value is -5.92. The van der Waals surface area contributed by atoms with Crippen molar-refractivity contribution in [3.8, 4) is 17.2 Å². The zero-order valence-electron chi connectivity index (χ0n) is 32.6. The number of aldehydes is 1. The van der Waals surface area contributed by atoms with Crippen LogP contribution < -0.4 is 30.3 Å². The Balaban J connectivity index is 0.000000305. The molecule has 3 amide bonds. The van der Waals surface area contributed by atoms with Gasteiger partial charge in [-0.15, -0.1) is 11.6 Å². The molecule has 5 aromatic carbocycles. The molecule has 0 unspecified atom stereocenters. The fourth-order valence-electron chi connectivity index (χ4n) is 6.48. The molecule has 5 aromatic rings. The molecule has 0 radical (unpaired) electrons. The van der Waals surface area contributed by atoms with E-state index in [1.165, 1.54) is 12.1 Å². The van der Waals surface area contributed by atoms with E-state index in [4.69, 9.17) is 21.1 Å². The van der Waals surface area contributed by atoms with Gasteiger partial charge in [0.25, 0.3) is 5.91 Å². The molecule has 3 N–H and O–H groups in total. The monoisotopic (exact) mass is 830 g/mol. The second kappa shape index (κ2) is 21.7. The first-order valence-electron chi connectivity index (χ1n) is 19.2. The van der Waals surface area contributed by atoms with Crippen LogP contribution >= 0.6 is 11.6 Å². The van der Waals surface area contributed by atoms with E-state index in [1.807, 2.05) is 49.5 Å². The van der Waals surface area contributed by atoms with Crippen molar-refractivity contribution in [2.75, 3.05) is 44.1 Å². The molecule has 1 aliphatic heterocycles. The fraction of sp³-hybridized carbons (Fsp3) is 0.289. The maximum Gasteiger partial charge on any atom is 0.416 e. The van der Waals surface area contributed by atoms with Gasteiger partial charge in [0.1, 0.15) is 29.7 Å². The first-order chi connectivity index (χ1) is 28.5. The van der Waals surface area contributed by atoms with E-state index in [0.717, 1.165) is 77.5 Å². The predicted molar refractivity (Wildman–Crippen MR) is 222 cm³/mol. The van der Waals surface area contributed by atoms with Crippen LogP contribution in [0.15, 0.2) is 103 Å². The van der Waals surface area contributed by atoms with Crippen LogP contribution in [0.5, 0.6) is 17.2 Å². The predicted octanol–water partition coefficient (Wildman–Crippen LogP) is 8.02. The molecule has 0 fully saturated rings. The lowest BCUT2D eigenvalue weighted by Gasteiger charge is -2.29. The normalized spacial score (nSPS) is 12.1. The number of aryl methyl sites for hydroxylation is 1. The Morgan fingerprint density at radius 3 is 2.34 bits per heavy atom. The van der Waals surface area contributed by atoms with Crippen LogP contribution in [0.4, 0.5) is 18.9 Å². The van der Waals surface area contributed by atoms with E-state index >= 15 is 0 Å². The zero-order chi connectivity index (χ0) is 42.2. The van der Waals surface area contributed by atoms with Crippen molar-refractivity contribution in [1.29, 1.82) is 0 Å². The van der Waals surface area contributed by atoms with Gasteiger partial charge in [-0.05, 0) is 128 Å². The third-order valence-corrected chi connectivity index (χ3v) is 9.63. The van der Waals surface area contributed by atoms with Gasteiger partial charge in [-0.25, -0.2) is 0 Å². The molecule has 0 aliphatic carbocycles. The number of ether oxygens (including phenoxy) is 2. The summed E-state index contributed by atoms with van der Waals surface area (Å²) >= 11 is 5.60. The summed E-state index contributed by atoms with van der Waals surface area (Å²) in [6.07, 6.45) is 0.298. The van der Waals surface area contributed by atoms with Crippen molar-refractivity contribution in [3.05, 3.63) is 131 Å². The summed E-state index contributed by atoms with van der Waals surface area (Å²) in [7, 11) is 1.90. The molecule has 1 heterocycles. The maximum absolute atomic E-state index is 12.9. The largest absolute Gasteiger partial charge is 0.486 e. The molecular formula is C45H46ClF3N4O6. The lowest BCUT2D eigenvalue weighted by atomic mass is 10.0. The Morgan fingerprint density at radius 1 is 0.847 bits per heavy atom. The molecule has 14 heteroatoms. The Morgan fingerprint density at radius 2 is 1.59 bits per heavy atom. The lowest BCUT2D eigenvalue weighted by Crippen LogP contribution is -2.36. The van der Waals surface area contributed by atoms with Crippen molar-refractivity contribution in [3.63, 3.8) is 0 Å². The van der Waals surface area contributed by atoms with Crippen molar-refractivity contribution in [2.24, 2.45) is 0 Å². The van der Waals surface area contributed by atoms with Crippen LogP contribution in [0.3, 0.4) is 0 Å². The Labute approximate surface area is 346 Å². The second-order valence-electron chi connectivity index (χ2n) is 13.7. The third kappa shape index (κ3) is 13.0. The average Bonchev–Trinajstić information content (AvgIpc) is 3.24. The van der Waals surface area contributed by atoms with Gasteiger partial charge in [0.15, 0.2) is 6.29 Å². The number of rotatable bonds is 16. The fourth-order valence-corrected chi connectivity index (χ4v) is 6.63. The first kappa shape index (κ1) is 44.2. The topological polar surface area (TPSA) is 126 Å². The van der Waals surface area contributed by atoms with E-state index in [0.29, 0.717) is 43.0 Å². The number of anilines is 1. The summed E-state index contributed by atoms with van der Waals surface area (Å²) in [6, 6.07) is 28.0. The van der Waals surface area contributed by atoms with Crippen LogP contribution in [-0.2, 0) is 39.9 Å². The highest BCUT2D eigenvalue weighted by Crippen LogP contribution is 2.34. The minimum Gasteiger partial charge on any atom is -0.486 e.